The summed E-state index contributed by atoms with van der Waals surface area (Å²) in [6, 6.07) is 12.9. The van der Waals surface area contributed by atoms with Crippen LogP contribution in [-0.4, -0.2) is 42.8 Å². The van der Waals surface area contributed by atoms with E-state index in [1.165, 1.54) is 10.5 Å². The molecule has 0 aliphatic heterocycles. The van der Waals surface area contributed by atoms with Crippen molar-refractivity contribution in [2.75, 3.05) is 32.6 Å². The van der Waals surface area contributed by atoms with Crippen LogP contribution in [0.4, 0.5) is 0 Å². The number of hydrogen-bond acceptors (Lipinski definition) is 4. The van der Waals surface area contributed by atoms with Crippen LogP contribution in [0.2, 0.25) is 0 Å². The Morgan fingerprint density at radius 1 is 0.871 bits per heavy atom. The highest BCUT2D eigenvalue weighted by Crippen LogP contribution is 2.49. The zero-order valence-electron chi connectivity index (χ0n) is 21.1. The summed E-state index contributed by atoms with van der Waals surface area (Å²) in [5.41, 5.74) is 2.84. The average Bonchev–Trinajstić information content (AvgIpc) is 2.67. The van der Waals surface area contributed by atoms with E-state index in [9.17, 15) is 5.11 Å². The molecule has 0 spiro atoms. The number of hydrogen-bond donors (Lipinski definition) is 3. The highest BCUT2D eigenvalue weighted by molar-refractivity contribution is 8.32. The molecule has 176 valence electrons. The zero-order valence-corrected chi connectivity index (χ0v) is 21.9. The minimum absolute atomic E-state index is 0.158. The maximum Gasteiger partial charge on any atom is 0.123 e. The molecule has 3 N–H and O–H groups in total. The Bertz CT molecular complexity index is 796. The zero-order chi connectivity index (χ0) is 24.0. The third kappa shape index (κ3) is 7.44. The van der Waals surface area contributed by atoms with E-state index in [-0.39, 0.29) is 10.8 Å². The van der Waals surface area contributed by atoms with Gasteiger partial charge in [-0.15, -0.1) is 0 Å². The largest absolute Gasteiger partial charge is 0.507 e. The van der Waals surface area contributed by atoms with Gasteiger partial charge in [0.15, 0.2) is 0 Å². The Morgan fingerprint density at radius 2 is 1.32 bits per heavy atom. The summed E-state index contributed by atoms with van der Waals surface area (Å²) in [6.07, 6.45) is 4.58. The minimum atomic E-state index is -1.10. The Balaban J connectivity index is 0.00000233. The molecular weight excluding hydrogens is 406 g/mol. The minimum Gasteiger partial charge on any atom is -0.507 e. The molecule has 0 unspecified atom stereocenters. The number of phenolic OH excluding ortho intramolecular Hbond substituents is 1. The van der Waals surface area contributed by atoms with E-state index in [0.29, 0.717) is 11.7 Å². The number of nitrogens with one attached hydrogen (secondary N) is 1. The van der Waals surface area contributed by atoms with Crippen LogP contribution in [0.1, 0.15) is 58.2 Å². The molecule has 0 aliphatic carbocycles. The number of rotatable bonds is 6. The first-order valence-electron chi connectivity index (χ1n) is 10.7. The quantitative estimate of drug-likeness (QED) is 0.523. The lowest BCUT2D eigenvalue weighted by Crippen LogP contribution is -2.18. The smallest absolute Gasteiger partial charge is 0.123 e. The number of phenols is 1. The molecule has 0 fully saturated rings. The number of ether oxygens (including phenoxy) is 1. The van der Waals surface area contributed by atoms with E-state index in [2.05, 4.69) is 83.6 Å². The van der Waals surface area contributed by atoms with E-state index < -0.39 is 10.0 Å². The van der Waals surface area contributed by atoms with Crippen LogP contribution in [0, 0.1) is 0 Å². The van der Waals surface area contributed by atoms with Crippen molar-refractivity contribution in [1.82, 2.24) is 5.32 Å². The number of benzene rings is 2. The molecule has 0 atom stereocenters. The second-order valence-corrected chi connectivity index (χ2v) is 14.1. The second-order valence-electron chi connectivity index (χ2n) is 10.3. The van der Waals surface area contributed by atoms with Crippen LogP contribution >= 0.6 is 10.0 Å². The second kappa shape index (κ2) is 10.8. The summed E-state index contributed by atoms with van der Waals surface area (Å²) < 4.78 is 6.34. The first kappa shape index (κ1) is 27.3. The van der Waals surface area contributed by atoms with Gasteiger partial charge in [0.2, 0.25) is 0 Å². The van der Waals surface area contributed by atoms with E-state index in [1.807, 2.05) is 19.2 Å². The molecule has 5 heteroatoms. The third-order valence-electron chi connectivity index (χ3n) is 5.16. The first-order chi connectivity index (χ1) is 14.3. The number of aromatic hydroxyl groups is 1. The van der Waals surface area contributed by atoms with Crippen molar-refractivity contribution in [2.24, 2.45) is 0 Å². The fourth-order valence-electron chi connectivity index (χ4n) is 3.30. The molecule has 0 amide bonds. The molecule has 2 aromatic rings. The molecule has 2 rings (SSSR count). The van der Waals surface area contributed by atoms with E-state index >= 15 is 0 Å². The summed E-state index contributed by atoms with van der Waals surface area (Å²) in [6.45, 7) is 13.6. The molecule has 0 bridgehead atoms. The summed E-state index contributed by atoms with van der Waals surface area (Å²) in [4.78, 5) is 1.34. The van der Waals surface area contributed by atoms with Gasteiger partial charge >= 0.3 is 0 Å². The maximum absolute atomic E-state index is 10.9. The highest BCUT2D eigenvalue weighted by atomic mass is 32.3. The van der Waals surface area contributed by atoms with Gasteiger partial charge in [-0.05, 0) is 65.1 Å². The van der Waals surface area contributed by atoms with Gasteiger partial charge < -0.3 is 20.3 Å². The summed E-state index contributed by atoms with van der Waals surface area (Å²) in [5, 5.41) is 21.1. The van der Waals surface area contributed by atoms with Crippen molar-refractivity contribution in [3.05, 3.63) is 53.1 Å². The Kier molecular flexibility index (Phi) is 9.49. The standard InChI is InChI=1S/C25H39NO2S.CH4O/c1-24(2,3)21-14-19(15-22(23(21)27)25(4,5)6)28-17-29(8,9)20-12-10-18(11-13-20)16-26-7;1-2/h10-15,26-27H,16-17H2,1-9H3;2H,1H3. The topological polar surface area (TPSA) is 61.7 Å². The average molecular weight is 450 g/mol. The van der Waals surface area contributed by atoms with Crippen LogP contribution < -0.4 is 10.1 Å². The monoisotopic (exact) mass is 449 g/mol. The first-order valence-corrected chi connectivity index (χ1v) is 13.3. The molecule has 0 saturated heterocycles. The van der Waals surface area contributed by atoms with Crippen molar-refractivity contribution >= 4 is 10.0 Å². The van der Waals surface area contributed by atoms with Gasteiger partial charge in [0.25, 0.3) is 0 Å². The van der Waals surface area contributed by atoms with Crippen molar-refractivity contribution in [3.63, 3.8) is 0 Å². The van der Waals surface area contributed by atoms with Crippen molar-refractivity contribution < 1.29 is 14.9 Å². The molecule has 31 heavy (non-hydrogen) atoms. The molecule has 0 aromatic heterocycles. The number of aliphatic hydroxyl groups is 1. The Morgan fingerprint density at radius 3 is 1.71 bits per heavy atom. The lowest BCUT2D eigenvalue weighted by atomic mass is 9.79. The van der Waals surface area contributed by atoms with E-state index in [1.54, 1.807) is 0 Å². The van der Waals surface area contributed by atoms with Gasteiger partial charge in [-0.25, -0.2) is 0 Å². The van der Waals surface area contributed by atoms with Gasteiger partial charge in [0.05, 0.1) is 0 Å². The molecule has 4 nitrogen and oxygen atoms in total. The van der Waals surface area contributed by atoms with Crippen LogP contribution in [-0.2, 0) is 17.4 Å². The molecule has 2 aromatic carbocycles. The van der Waals surface area contributed by atoms with Crippen LogP contribution in [0.3, 0.4) is 0 Å². The van der Waals surface area contributed by atoms with Crippen molar-refractivity contribution in [2.45, 2.75) is 63.8 Å². The lowest BCUT2D eigenvalue weighted by Gasteiger charge is -2.33. The predicted octanol–water partition coefficient (Wildman–Crippen LogP) is 5.77. The van der Waals surface area contributed by atoms with Crippen LogP contribution in [0.25, 0.3) is 0 Å². The van der Waals surface area contributed by atoms with Gasteiger partial charge in [0.1, 0.15) is 17.4 Å². The van der Waals surface area contributed by atoms with Gasteiger partial charge in [-0.1, -0.05) is 53.7 Å². The highest BCUT2D eigenvalue weighted by Gasteiger charge is 2.27. The normalized spacial score (nSPS) is 12.7. The summed E-state index contributed by atoms with van der Waals surface area (Å²) in [5.74, 6) is 1.88. The fraction of sp³-hybridized carbons (Fsp3) is 0.538. The van der Waals surface area contributed by atoms with Gasteiger partial charge in [-0.3, -0.25) is 0 Å². The van der Waals surface area contributed by atoms with Crippen molar-refractivity contribution in [1.29, 1.82) is 0 Å². The lowest BCUT2D eigenvalue weighted by molar-refractivity contribution is 0.378. The van der Waals surface area contributed by atoms with E-state index in [4.69, 9.17) is 9.84 Å². The molecular formula is C26H43NO3S. The van der Waals surface area contributed by atoms with Crippen LogP contribution in [0.15, 0.2) is 41.3 Å². The van der Waals surface area contributed by atoms with Gasteiger partial charge in [0, 0.05) is 24.8 Å². The molecule has 0 aliphatic rings. The molecule has 0 heterocycles. The Hall–Kier alpha value is -1.69. The van der Waals surface area contributed by atoms with Gasteiger partial charge in [-0.2, -0.15) is 10.0 Å². The van der Waals surface area contributed by atoms with E-state index in [0.717, 1.165) is 30.5 Å². The fourth-order valence-corrected chi connectivity index (χ4v) is 4.74. The molecule has 0 radical (unpaired) electrons. The Labute approximate surface area is 191 Å². The maximum atomic E-state index is 10.9. The van der Waals surface area contributed by atoms with Crippen molar-refractivity contribution in [3.8, 4) is 11.5 Å². The summed E-state index contributed by atoms with van der Waals surface area (Å²) >= 11 is 0. The number of aliphatic hydroxyl groups excluding tert-OH is 1. The predicted molar refractivity (Wildman–Crippen MR) is 136 cm³/mol. The SMILES string of the molecule is CNCc1ccc(S(C)(C)COc2cc(C(C)(C)C)c(O)c(C(C)(C)C)c2)cc1.CO. The molecule has 0 saturated carbocycles. The van der Waals surface area contributed by atoms with Crippen LogP contribution in [0.5, 0.6) is 11.5 Å². The summed E-state index contributed by atoms with van der Waals surface area (Å²) in [7, 11) is 1.86. The third-order valence-corrected chi connectivity index (χ3v) is 7.42.